The predicted octanol–water partition coefficient (Wildman–Crippen LogP) is 4.39. The Labute approximate surface area is 175 Å². The van der Waals surface area contributed by atoms with Crippen molar-refractivity contribution in [1.82, 2.24) is 14.8 Å². The molecule has 29 heavy (non-hydrogen) atoms. The van der Waals surface area contributed by atoms with Gasteiger partial charge in [0, 0.05) is 12.2 Å². The monoisotopic (exact) mass is 408 g/mol. The van der Waals surface area contributed by atoms with Gasteiger partial charge >= 0.3 is 0 Å². The van der Waals surface area contributed by atoms with Crippen molar-refractivity contribution >= 4 is 23.4 Å². The number of anilines is 1. The molecule has 0 aliphatic heterocycles. The Kier molecular flexibility index (Phi) is 7.08. The van der Waals surface area contributed by atoms with E-state index in [1.807, 2.05) is 66.9 Å². The number of thioether (sulfide) groups is 1. The van der Waals surface area contributed by atoms with Crippen molar-refractivity contribution in [1.29, 1.82) is 0 Å². The molecule has 1 amide bonds. The first-order valence-corrected chi connectivity index (χ1v) is 10.3. The number of hydrogen-bond acceptors (Lipinski definition) is 5. The Morgan fingerprint density at radius 3 is 2.69 bits per heavy atom. The second-order valence-electron chi connectivity index (χ2n) is 6.61. The summed E-state index contributed by atoms with van der Waals surface area (Å²) in [5, 5.41) is 12.0. The third kappa shape index (κ3) is 5.96. The van der Waals surface area contributed by atoms with E-state index in [0.717, 1.165) is 22.6 Å². The van der Waals surface area contributed by atoms with Crippen molar-refractivity contribution < 1.29 is 9.53 Å². The van der Waals surface area contributed by atoms with Gasteiger partial charge in [0.2, 0.25) is 5.91 Å². The third-order valence-electron chi connectivity index (χ3n) is 4.13. The van der Waals surface area contributed by atoms with Crippen LogP contribution >= 0.6 is 11.8 Å². The van der Waals surface area contributed by atoms with Crippen LogP contribution in [0.25, 0.3) is 0 Å². The Balaban J connectivity index is 1.60. The summed E-state index contributed by atoms with van der Waals surface area (Å²) in [4.78, 5) is 12.3. The lowest BCUT2D eigenvalue weighted by Gasteiger charge is -2.10. The number of allylic oxidation sites excluding steroid dienone is 1. The highest BCUT2D eigenvalue weighted by atomic mass is 32.2. The Morgan fingerprint density at radius 1 is 1.17 bits per heavy atom. The summed E-state index contributed by atoms with van der Waals surface area (Å²) in [6.07, 6.45) is 1.77. The molecular weight excluding hydrogens is 384 g/mol. The first kappa shape index (κ1) is 20.7. The number of aryl methyl sites for hydroxylation is 2. The number of rotatable bonds is 9. The normalized spacial score (nSPS) is 10.6. The zero-order valence-corrected chi connectivity index (χ0v) is 17.4. The number of ether oxygens (including phenoxy) is 1. The first-order chi connectivity index (χ1) is 14.0. The Morgan fingerprint density at radius 2 is 1.97 bits per heavy atom. The number of nitrogens with one attached hydrogen (secondary N) is 1. The number of nitrogens with zero attached hydrogens (tertiary/aromatic N) is 3. The lowest BCUT2D eigenvalue weighted by Crippen LogP contribution is -2.15. The van der Waals surface area contributed by atoms with Crippen LogP contribution in [0.5, 0.6) is 5.75 Å². The zero-order chi connectivity index (χ0) is 20.6. The SMILES string of the molecule is C=CCn1c(COc2cccc(C)c2)nnc1SCC(=O)Nc1ccc(C)cc1. The van der Waals surface area contributed by atoms with Crippen LogP contribution in [-0.2, 0) is 17.9 Å². The van der Waals surface area contributed by atoms with Crippen LogP contribution in [0.15, 0.2) is 66.3 Å². The fourth-order valence-corrected chi connectivity index (χ4v) is 3.43. The van der Waals surface area contributed by atoms with Crippen LogP contribution in [0.2, 0.25) is 0 Å². The molecule has 1 heterocycles. The molecule has 0 aliphatic carbocycles. The summed E-state index contributed by atoms with van der Waals surface area (Å²) < 4.78 is 7.75. The van der Waals surface area contributed by atoms with Crippen LogP contribution in [0.4, 0.5) is 5.69 Å². The smallest absolute Gasteiger partial charge is 0.234 e. The number of aromatic nitrogens is 3. The van der Waals surface area contributed by atoms with E-state index in [-0.39, 0.29) is 11.7 Å². The second-order valence-corrected chi connectivity index (χ2v) is 7.55. The highest BCUT2D eigenvalue weighted by molar-refractivity contribution is 7.99. The van der Waals surface area contributed by atoms with E-state index < -0.39 is 0 Å². The number of hydrogen-bond donors (Lipinski definition) is 1. The molecule has 2 aromatic carbocycles. The topological polar surface area (TPSA) is 69.0 Å². The number of carbonyl (C=O) groups excluding carboxylic acids is 1. The summed E-state index contributed by atoms with van der Waals surface area (Å²) in [5.74, 6) is 1.62. The molecule has 0 radical (unpaired) electrons. The van der Waals surface area contributed by atoms with Gasteiger partial charge in [-0.15, -0.1) is 16.8 Å². The molecule has 1 aromatic heterocycles. The quantitative estimate of drug-likeness (QED) is 0.420. The van der Waals surface area contributed by atoms with Crippen LogP contribution < -0.4 is 10.1 Å². The minimum atomic E-state index is -0.0930. The molecule has 3 rings (SSSR count). The highest BCUT2D eigenvalue weighted by Crippen LogP contribution is 2.20. The van der Waals surface area contributed by atoms with Gasteiger partial charge in [-0.3, -0.25) is 9.36 Å². The van der Waals surface area contributed by atoms with Crippen LogP contribution in [0.3, 0.4) is 0 Å². The molecule has 1 N–H and O–H groups in total. The highest BCUT2D eigenvalue weighted by Gasteiger charge is 2.14. The number of benzene rings is 2. The van der Waals surface area contributed by atoms with Crippen molar-refractivity contribution in [3.8, 4) is 5.75 Å². The minimum Gasteiger partial charge on any atom is -0.486 e. The molecule has 0 fully saturated rings. The number of carbonyl (C=O) groups is 1. The van der Waals surface area contributed by atoms with Crippen molar-refractivity contribution in [2.24, 2.45) is 0 Å². The van der Waals surface area contributed by atoms with Crippen molar-refractivity contribution in [2.45, 2.75) is 32.2 Å². The van der Waals surface area contributed by atoms with Crippen LogP contribution in [0, 0.1) is 13.8 Å². The molecule has 150 valence electrons. The standard InChI is InChI=1S/C22H24N4O2S/c1-4-12-26-20(14-28-19-7-5-6-17(3)13-19)24-25-22(26)29-15-21(27)23-18-10-8-16(2)9-11-18/h4-11,13H,1,12,14-15H2,2-3H3,(H,23,27). The third-order valence-corrected chi connectivity index (χ3v) is 5.10. The Hall–Kier alpha value is -3.06. The molecule has 0 spiro atoms. The summed E-state index contributed by atoms with van der Waals surface area (Å²) in [7, 11) is 0. The molecule has 6 nitrogen and oxygen atoms in total. The Bertz CT molecular complexity index is 983. The van der Waals surface area contributed by atoms with E-state index in [2.05, 4.69) is 22.1 Å². The average Bonchev–Trinajstić information content (AvgIpc) is 3.09. The molecule has 0 aliphatic rings. The second kappa shape index (κ2) is 9.93. The van der Waals surface area contributed by atoms with Crippen LogP contribution in [0.1, 0.15) is 17.0 Å². The van der Waals surface area contributed by atoms with Gasteiger partial charge in [-0.1, -0.05) is 47.7 Å². The minimum absolute atomic E-state index is 0.0930. The van der Waals surface area contributed by atoms with Crippen LogP contribution in [-0.4, -0.2) is 26.4 Å². The molecule has 0 atom stereocenters. The summed E-state index contributed by atoms with van der Waals surface area (Å²) in [6, 6.07) is 15.5. The largest absolute Gasteiger partial charge is 0.486 e. The lowest BCUT2D eigenvalue weighted by molar-refractivity contribution is -0.113. The van der Waals surface area contributed by atoms with Gasteiger partial charge in [-0.25, -0.2) is 0 Å². The van der Waals surface area contributed by atoms with Gasteiger partial charge in [-0.2, -0.15) is 0 Å². The van der Waals surface area contributed by atoms with E-state index in [1.54, 1.807) is 6.08 Å². The van der Waals surface area contributed by atoms with E-state index in [9.17, 15) is 4.79 Å². The molecule has 0 saturated carbocycles. The maximum Gasteiger partial charge on any atom is 0.234 e. The van der Waals surface area contributed by atoms with Crippen molar-refractivity contribution in [2.75, 3.05) is 11.1 Å². The maximum atomic E-state index is 12.3. The molecular formula is C22H24N4O2S. The summed E-state index contributed by atoms with van der Waals surface area (Å²) in [6.45, 7) is 8.66. The molecule has 0 bridgehead atoms. The lowest BCUT2D eigenvalue weighted by atomic mass is 10.2. The molecule has 0 unspecified atom stereocenters. The molecule has 7 heteroatoms. The predicted molar refractivity (Wildman–Crippen MR) is 116 cm³/mol. The van der Waals surface area contributed by atoms with Gasteiger partial charge in [0.05, 0.1) is 5.75 Å². The van der Waals surface area contributed by atoms with Gasteiger partial charge in [-0.05, 0) is 43.7 Å². The average molecular weight is 409 g/mol. The maximum absolute atomic E-state index is 12.3. The summed E-state index contributed by atoms with van der Waals surface area (Å²) in [5.41, 5.74) is 3.06. The number of amides is 1. The van der Waals surface area contributed by atoms with E-state index in [1.165, 1.54) is 11.8 Å². The first-order valence-electron chi connectivity index (χ1n) is 9.27. The van der Waals surface area contributed by atoms with E-state index >= 15 is 0 Å². The van der Waals surface area contributed by atoms with Gasteiger partial charge in [0.1, 0.15) is 12.4 Å². The van der Waals surface area contributed by atoms with Gasteiger partial charge in [0.25, 0.3) is 0 Å². The van der Waals surface area contributed by atoms with Crippen molar-refractivity contribution in [3.05, 3.63) is 78.1 Å². The van der Waals surface area contributed by atoms with E-state index in [4.69, 9.17) is 4.74 Å². The van der Waals surface area contributed by atoms with Gasteiger partial charge < -0.3 is 10.1 Å². The van der Waals surface area contributed by atoms with Crippen molar-refractivity contribution in [3.63, 3.8) is 0 Å². The van der Waals surface area contributed by atoms with E-state index in [0.29, 0.717) is 24.1 Å². The summed E-state index contributed by atoms with van der Waals surface area (Å²) >= 11 is 1.34. The van der Waals surface area contributed by atoms with Gasteiger partial charge in [0.15, 0.2) is 11.0 Å². The fraction of sp³-hybridized carbons (Fsp3) is 0.227. The fourth-order valence-electron chi connectivity index (χ4n) is 2.66. The zero-order valence-electron chi connectivity index (χ0n) is 16.6. The molecule has 3 aromatic rings. The molecule has 0 saturated heterocycles.